The predicted octanol–water partition coefficient (Wildman–Crippen LogP) is 8.50. The van der Waals surface area contributed by atoms with Gasteiger partial charge in [-0.2, -0.15) is 0 Å². The van der Waals surface area contributed by atoms with E-state index < -0.39 is 0 Å². The molecule has 0 unspecified atom stereocenters. The number of amidine groups is 1. The van der Waals surface area contributed by atoms with Gasteiger partial charge in [0.2, 0.25) is 0 Å². The SMILES string of the molecule is CCOc1cc(C=C2SC(=NC3CCCCC3)N(C3CCCCC3)C2=O)cc(Br)c1OCc1ccccc1F. The van der Waals surface area contributed by atoms with E-state index in [4.69, 9.17) is 14.5 Å². The van der Waals surface area contributed by atoms with Gasteiger partial charge in [-0.3, -0.25) is 14.7 Å². The number of aliphatic imine (C=N–C) groups is 1. The first-order valence-electron chi connectivity index (χ1n) is 14.2. The number of hydrogen-bond donors (Lipinski definition) is 0. The van der Waals surface area contributed by atoms with E-state index in [2.05, 4.69) is 15.9 Å². The maximum absolute atomic E-state index is 14.1. The van der Waals surface area contributed by atoms with Gasteiger partial charge in [0.25, 0.3) is 5.91 Å². The van der Waals surface area contributed by atoms with Crippen molar-refractivity contribution in [3.8, 4) is 11.5 Å². The van der Waals surface area contributed by atoms with Gasteiger partial charge in [0, 0.05) is 11.6 Å². The molecular weight excluding hydrogens is 579 g/mol. The van der Waals surface area contributed by atoms with Crippen LogP contribution in [0.2, 0.25) is 0 Å². The van der Waals surface area contributed by atoms with Gasteiger partial charge >= 0.3 is 0 Å². The summed E-state index contributed by atoms with van der Waals surface area (Å²) in [4.78, 5) is 21.6. The molecule has 0 radical (unpaired) electrons. The average molecular weight is 616 g/mol. The lowest BCUT2D eigenvalue weighted by Gasteiger charge is -2.31. The van der Waals surface area contributed by atoms with Crippen LogP contribution in [0.1, 0.15) is 82.3 Å². The topological polar surface area (TPSA) is 51.1 Å². The number of carbonyl (C=O) groups is 1. The van der Waals surface area contributed by atoms with Crippen molar-refractivity contribution in [1.82, 2.24) is 4.90 Å². The van der Waals surface area contributed by atoms with E-state index in [1.807, 2.05) is 30.0 Å². The lowest BCUT2D eigenvalue weighted by Crippen LogP contribution is -2.41. The predicted molar refractivity (Wildman–Crippen MR) is 160 cm³/mol. The summed E-state index contributed by atoms with van der Waals surface area (Å²) in [6, 6.07) is 10.9. The molecule has 1 heterocycles. The third-order valence-electron chi connectivity index (χ3n) is 7.60. The van der Waals surface area contributed by atoms with Crippen molar-refractivity contribution in [2.24, 2.45) is 4.99 Å². The van der Waals surface area contributed by atoms with E-state index >= 15 is 0 Å². The van der Waals surface area contributed by atoms with Gasteiger partial charge in [0.1, 0.15) is 12.4 Å². The number of rotatable bonds is 8. The first-order valence-corrected chi connectivity index (χ1v) is 15.8. The molecule has 2 aliphatic carbocycles. The normalized spacial score (nSPS) is 21.2. The lowest BCUT2D eigenvalue weighted by atomic mass is 9.94. The molecule has 1 saturated heterocycles. The third-order valence-corrected chi connectivity index (χ3v) is 9.19. The highest BCUT2D eigenvalue weighted by Gasteiger charge is 2.39. The molecule has 1 aliphatic heterocycles. The van der Waals surface area contributed by atoms with E-state index in [0.717, 1.165) is 49.3 Å². The molecule has 2 saturated carbocycles. The molecule has 1 amide bonds. The number of ether oxygens (including phenoxy) is 2. The van der Waals surface area contributed by atoms with E-state index in [1.54, 1.807) is 18.2 Å². The summed E-state index contributed by atoms with van der Waals surface area (Å²) in [6.45, 7) is 2.44. The standard InChI is InChI=1S/C31H36BrFN2O3S/c1-2-37-27-18-21(17-25(32)29(27)38-20-22-11-9-10-16-26(22)33)19-28-30(36)35(24-14-7-4-8-15-24)31(39-28)34-23-12-5-3-6-13-23/h9-11,16-19,23-24H,2-8,12-15,20H2,1H3. The van der Waals surface area contributed by atoms with Gasteiger partial charge in [-0.15, -0.1) is 0 Å². The van der Waals surface area contributed by atoms with E-state index in [0.29, 0.717) is 39.1 Å². The van der Waals surface area contributed by atoms with E-state index in [9.17, 15) is 9.18 Å². The number of hydrogen-bond acceptors (Lipinski definition) is 5. The van der Waals surface area contributed by atoms with Crippen LogP contribution in [0.4, 0.5) is 4.39 Å². The number of nitrogens with zero attached hydrogens (tertiary/aromatic N) is 2. The summed E-state index contributed by atoms with van der Waals surface area (Å²) in [7, 11) is 0. The summed E-state index contributed by atoms with van der Waals surface area (Å²) < 4.78 is 26.7. The Labute approximate surface area is 243 Å². The second-order valence-corrected chi connectivity index (χ2v) is 12.3. The highest BCUT2D eigenvalue weighted by molar-refractivity contribution is 9.10. The number of carbonyl (C=O) groups excluding carboxylic acids is 1. The number of thioether (sulfide) groups is 1. The zero-order valence-corrected chi connectivity index (χ0v) is 24.9. The Morgan fingerprint density at radius 3 is 2.49 bits per heavy atom. The largest absolute Gasteiger partial charge is 0.490 e. The molecule has 208 valence electrons. The fourth-order valence-electron chi connectivity index (χ4n) is 5.60. The van der Waals surface area contributed by atoms with Crippen LogP contribution in [0.15, 0.2) is 50.8 Å². The minimum atomic E-state index is -0.307. The van der Waals surface area contributed by atoms with Gasteiger partial charge in [-0.25, -0.2) is 4.39 Å². The molecule has 2 aromatic carbocycles. The van der Waals surface area contributed by atoms with Crippen LogP contribution in [-0.4, -0.2) is 34.7 Å². The summed E-state index contributed by atoms with van der Waals surface area (Å²) in [5.41, 5.74) is 1.31. The van der Waals surface area contributed by atoms with Crippen molar-refractivity contribution in [2.45, 2.75) is 89.8 Å². The molecule has 39 heavy (non-hydrogen) atoms. The second-order valence-electron chi connectivity index (χ2n) is 10.4. The summed E-state index contributed by atoms with van der Waals surface area (Å²) in [5, 5.41) is 0.874. The van der Waals surface area contributed by atoms with Gasteiger partial charge in [0.15, 0.2) is 16.7 Å². The van der Waals surface area contributed by atoms with Crippen molar-refractivity contribution in [3.05, 3.63) is 62.7 Å². The van der Waals surface area contributed by atoms with Gasteiger partial charge in [0.05, 0.1) is 22.0 Å². The van der Waals surface area contributed by atoms with Crippen LogP contribution in [0, 0.1) is 5.82 Å². The molecule has 3 fully saturated rings. The molecule has 0 bridgehead atoms. The maximum Gasteiger partial charge on any atom is 0.266 e. The Morgan fingerprint density at radius 2 is 1.77 bits per heavy atom. The molecule has 0 atom stereocenters. The van der Waals surface area contributed by atoms with Crippen molar-refractivity contribution >= 4 is 44.8 Å². The molecule has 0 spiro atoms. The fraction of sp³-hybridized carbons (Fsp3) is 0.484. The smallest absolute Gasteiger partial charge is 0.266 e. The molecular formula is C31H36BrFN2O3S. The average Bonchev–Trinajstić information content (AvgIpc) is 3.24. The minimum Gasteiger partial charge on any atom is -0.490 e. The number of benzene rings is 2. The van der Waals surface area contributed by atoms with Crippen molar-refractivity contribution in [2.75, 3.05) is 6.61 Å². The lowest BCUT2D eigenvalue weighted by molar-refractivity contribution is -0.124. The Hall–Kier alpha value is -2.32. The van der Waals surface area contributed by atoms with Gasteiger partial charge in [-0.1, -0.05) is 56.7 Å². The van der Waals surface area contributed by atoms with Crippen molar-refractivity contribution < 1.29 is 18.7 Å². The quantitative estimate of drug-likeness (QED) is 0.280. The van der Waals surface area contributed by atoms with Crippen LogP contribution >= 0.6 is 27.7 Å². The number of amides is 1. The fourth-order valence-corrected chi connectivity index (χ4v) is 7.28. The van der Waals surface area contributed by atoms with Crippen LogP contribution in [0.5, 0.6) is 11.5 Å². The zero-order chi connectivity index (χ0) is 27.2. The first kappa shape index (κ1) is 28.2. The third kappa shape index (κ3) is 6.88. The second kappa shape index (κ2) is 13.4. The molecule has 0 aromatic heterocycles. The number of halogens is 2. The molecule has 0 N–H and O–H groups in total. The van der Waals surface area contributed by atoms with Crippen LogP contribution in [0.3, 0.4) is 0 Å². The van der Waals surface area contributed by atoms with Crippen LogP contribution < -0.4 is 9.47 Å². The summed E-state index contributed by atoms with van der Waals surface area (Å²) >= 11 is 5.13. The first-order chi connectivity index (χ1) is 19.0. The molecule has 5 rings (SSSR count). The minimum absolute atomic E-state index is 0.0513. The van der Waals surface area contributed by atoms with Crippen LogP contribution in [0.25, 0.3) is 6.08 Å². The van der Waals surface area contributed by atoms with E-state index in [-0.39, 0.29) is 24.4 Å². The molecule has 8 heteroatoms. The van der Waals surface area contributed by atoms with Gasteiger partial charge < -0.3 is 9.47 Å². The Balaban J connectivity index is 1.42. The summed E-state index contributed by atoms with van der Waals surface area (Å²) in [5.74, 6) is 0.801. The Bertz CT molecular complexity index is 1240. The van der Waals surface area contributed by atoms with E-state index in [1.165, 1.54) is 43.5 Å². The highest BCUT2D eigenvalue weighted by atomic mass is 79.9. The van der Waals surface area contributed by atoms with Crippen LogP contribution in [-0.2, 0) is 11.4 Å². The molecule has 3 aliphatic rings. The Kier molecular flexibility index (Phi) is 9.66. The molecule has 5 nitrogen and oxygen atoms in total. The highest BCUT2D eigenvalue weighted by Crippen LogP contribution is 2.41. The maximum atomic E-state index is 14.1. The Morgan fingerprint density at radius 1 is 1.05 bits per heavy atom. The van der Waals surface area contributed by atoms with Gasteiger partial charge in [-0.05, 0) is 90.1 Å². The summed E-state index contributed by atoms with van der Waals surface area (Å²) in [6.07, 6.45) is 13.5. The van der Waals surface area contributed by atoms with Crippen molar-refractivity contribution in [1.29, 1.82) is 0 Å². The zero-order valence-electron chi connectivity index (χ0n) is 22.5. The van der Waals surface area contributed by atoms with Crippen molar-refractivity contribution in [3.63, 3.8) is 0 Å². The monoisotopic (exact) mass is 614 g/mol. The molecule has 2 aromatic rings.